The third-order valence-corrected chi connectivity index (χ3v) is 1.69. The Kier molecular flexibility index (Phi) is 2.09. The summed E-state index contributed by atoms with van der Waals surface area (Å²) in [6, 6.07) is -0.154. The average molecular weight is 156 g/mol. The number of aromatic amines is 1. The molecular weight excluding hydrogens is 144 g/mol. The normalized spacial score (nSPS) is 13.4. The van der Waals surface area contributed by atoms with Crippen molar-refractivity contribution >= 4 is 0 Å². The summed E-state index contributed by atoms with van der Waals surface area (Å²) in [6.07, 6.45) is 0.776. The standard InChI is InChI=1S/C6H12N4O/c1-3-4(7)5-8-9-6(11)10(5)2/h4H,3,7H2,1-2H3,(H,9,11)/t4-/m0/s1. The van der Waals surface area contributed by atoms with Crippen molar-refractivity contribution in [2.75, 3.05) is 0 Å². The van der Waals surface area contributed by atoms with E-state index in [9.17, 15) is 4.79 Å². The smallest absolute Gasteiger partial charge is 0.321 e. The van der Waals surface area contributed by atoms with Crippen molar-refractivity contribution in [2.24, 2.45) is 12.8 Å². The highest BCUT2D eigenvalue weighted by Gasteiger charge is 2.10. The molecule has 0 fully saturated rings. The van der Waals surface area contributed by atoms with Gasteiger partial charge in [0.25, 0.3) is 0 Å². The van der Waals surface area contributed by atoms with E-state index in [2.05, 4.69) is 10.2 Å². The largest absolute Gasteiger partial charge is 0.343 e. The van der Waals surface area contributed by atoms with E-state index < -0.39 is 0 Å². The van der Waals surface area contributed by atoms with Gasteiger partial charge in [-0.2, -0.15) is 5.10 Å². The second kappa shape index (κ2) is 2.87. The van der Waals surface area contributed by atoms with Gasteiger partial charge in [-0.1, -0.05) is 6.92 Å². The Labute approximate surface area is 64.2 Å². The summed E-state index contributed by atoms with van der Waals surface area (Å²) in [5.74, 6) is 0.609. The van der Waals surface area contributed by atoms with Gasteiger partial charge in [0.1, 0.15) is 5.82 Å². The van der Waals surface area contributed by atoms with Crippen molar-refractivity contribution < 1.29 is 0 Å². The number of aromatic nitrogens is 3. The SMILES string of the molecule is CC[C@H](N)c1n[nH]c(=O)n1C. The summed E-state index contributed by atoms with van der Waals surface area (Å²) in [6.45, 7) is 1.95. The van der Waals surface area contributed by atoms with E-state index >= 15 is 0 Å². The van der Waals surface area contributed by atoms with Crippen LogP contribution in [0.4, 0.5) is 0 Å². The van der Waals surface area contributed by atoms with Gasteiger partial charge < -0.3 is 5.73 Å². The number of nitrogens with two attached hydrogens (primary N) is 1. The van der Waals surface area contributed by atoms with Crippen LogP contribution in [0, 0.1) is 0 Å². The third kappa shape index (κ3) is 1.32. The van der Waals surface area contributed by atoms with Crippen LogP contribution in [0.2, 0.25) is 0 Å². The highest BCUT2D eigenvalue weighted by molar-refractivity contribution is 4.91. The highest BCUT2D eigenvalue weighted by Crippen LogP contribution is 2.05. The molecule has 1 aromatic heterocycles. The van der Waals surface area contributed by atoms with E-state index in [4.69, 9.17) is 5.73 Å². The first-order valence-electron chi connectivity index (χ1n) is 3.53. The van der Waals surface area contributed by atoms with Crippen LogP contribution in [0.25, 0.3) is 0 Å². The van der Waals surface area contributed by atoms with Gasteiger partial charge in [-0.3, -0.25) is 4.57 Å². The number of rotatable bonds is 2. The van der Waals surface area contributed by atoms with Crippen LogP contribution in [0.3, 0.4) is 0 Å². The van der Waals surface area contributed by atoms with Crippen molar-refractivity contribution in [1.82, 2.24) is 14.8 Å². The Bertz CT molecular complexity index is 287. The maximum atomic E-state index is 10.8. The lowest BCUT2D eigenvalue weighted by Crippen LogP contribution is -2.19. The van der Waals surface area contributed by atoms with E-state index in [0.717, 1.165) is 6.42 Å². The third-order valence-electron chi connectivity index (χ3n) is 1.69. The molecule has 1 atom stereocenters. The average Bonchev–Trinajstić information content (AvgIpc) is 2.32. The molecule has 0 unspecified atom stereocenters. The first-order chi connectivity index (χ1) is 5.16. The maximum absolute atomic E-state index is 10.8. The number of nitrogens with zero attached hydrogens (tertiary/aromatic N) is 2. The molecule has 0 saturated carbocycles. The van der Waals surface area contributed by atoms with Crippen LogP contribution >= 0.6 is 0 Å². The molecule has 1 heterocycles. The molecule has 0 radical (unpaired) electrons. The molecule has 5 heteroatoms. The fraction of sp³-hybridized carbons (Fsp3) is 0.667. The molecule has 5 nitrogen and oxygen atoms in total. The van der Waals surface area contributed by atoms with Gasteiger partial charge >= 0.3 is 5.69 Å². The molecule has 0 spiro atoms. The summed E-state index contributed by atoms with van der Waals surface area (Å²) in [5.41, 5.74) is 5.45. The zero-order chi connectivity index (χ0) is 8.43. The number of hydrogen-bond acceptors (Lipinski definition) is 3. The van der Waals surface area contributed by atoms with Crippen LogP contribution in [0.1, 0.15) is 25.2 Å². The van der Waals surface area contributed by atoms with E-state index in [1.165, 1.54) is 4.57 Å². The van der Waals surface area contributed by atoms with E-state index in [0.29, 0.717) is 5.82 Å². The zero-order valence-corrected chi connectivity index (χ0v) is 6.66. The van der Waals surface area contributed by atoms with Gasteiger partial charge in [0, 0.05) is 7.05 Å². The second-order valence-electron chi connectivity index (χ2n) is 2.46. The van der Waals surface area contributed by atoms with Gasteiger partial charge in [-0.15, -0.1) is 0 Å². The van der Waals surface area contributed by atoms with Crippen LogP contribution in [0.15, 0.2) is 4.79 Å². The Balaban J connectivity index is 3.04. The van der Waals surface area contributed by atoms with Crippen molar-refractivity contribution in [3.05, 3.63) is 16.3 Å². The molecule has 62 valence electrons. The quantitative estimate of drug-likeness (QED) is 0.607. The van der Waals surface area contributed by atoms with Crippen LogP contribution in [0.5, 0.6) is 0 Å². The first-order valence-corrected chi connectivity index (χ1v) is 3.53. The zero-order valence-electron chi connectivity index (χ0n) is 6.66. The van der Waals surface area contributed by atoms with Crippen LogP contribution in [-0.4, -0.2) is 14.8 Å². The second-order valence-corrected chi connectivity index (χ2v) is 2.46. The minimum absolute atomic E-state index is 0.154. The van der Waals surface area contributed by atoms with Crippen molar-refractivity contribution in [2.45, 2.75) is 19.4 Å². The molecule has 0 saturated heterocycles. The van der Waals surface area contributed by atoms with E-state index in [-0.39, 0.29) is 11.7 Å². The Hall–Kier alpha value is -1.10. The predicted octanol–water partition coefficient (Wildman–Crippen LogP) is -0.482. The van der Waals surface area contributed by atoms with Crippen molar-refractivity contribution in [1.29, 1.82) is 0 Å². The van der Waals surface area contributed by atoms with Crippen molar-refractivity contribution in [3.8, 4) is 0 Å². The Morgan fingerprint density at radius 2 is 2.45 bits per heavy atom. The van der Waals surface area contributed by atoms with Crippen LogP contribution < -0.4 is 11.4 Å². The fourth-order valence-electron chi connectivity index (χ4n) is 0.873. The minimum atomic E-state index is -0.219. The summed E-state index contributed by atoms with van der Waals surface area (Å²) in [4.78, 5) is 10.8. The minimum Gasteiger partial charge on any atom is -0.321 e. The molecule has 0 bridgehead atoms. The molecule has 0 aliphatic carbocycles. The van der Waals surface area contributed by atoms with Gasteiger partial charge in [0.15, 0.2) is 0 Å². The maximum Gasteiger partial charge on any atom is 0.343 e. The van der Waals surface area contributed by atoms with Gasteiger partial charge in [0.2, 0.25) is 0 Å². The lowest BCUT2D eigenvalue weighted by Gasteiger charge is -2.05. The van der Waals surface area contributed by atoms with E-state index in [1.54, 1.807) is 7.05 Å². The fourth-order valence-corrected chi connectivity index (χ4v) is 0.873. The monoisotopic (exact) mass is 156 g/mol. The van der Waals surface area contributed by atoms with Crippen LogP contribution in [-0.2, 0) is 7.05 Å². The summed E-state index contributed by atoms with van der Waals surface area (Å²) >= 11 is 0. The topological polar surface area (TPSA) is 76.7 Å². The van der Waals surface area contributed by atoms with E-state index in [1.807, 2.05) is 6.92 Å². The molecule has 1 rings (SSSR count). The molecule has 11 heavy (non-hydrogen) atoms. The summed E-state index contributed by atoms with van der Waals surface area (Å²) in [5, 5.41) is 6.12. The number of nitrogens with one attached hydrogen (secondary N) is 1. The molecule has 1 aromatic rings. The van der Waals surface area contributed by atoms with Gasteiger partial charge in [-0.25, -0.2) is 9.89 Å². The summed E-state index contributed by atoms with van der Waals surface area (Å²) < 4.78 is 1.42. The lowest BCUT2D eigenvalue weighted by molar-refractivity contribution is 0.611. The lowest BCUT2D eigenvalue weighted by atomic mass is 10.2. The Morgan fingerprint density at radius 3 is 2.82 bits per heavy atom. The van der Waals surface area contributed by atoms with Gasteiger partial charge in [0.05, 0.1) is 6.04 Å². The molecule has 0 aliphatic heterocycles. The molecule has 0 aliphatic rings. The number of H-pyrrole nitrogens is 1. The molecular formula is C6H12N4O. The van der Waals surface area contributed by atoms with Gasteiger partial charge in [-0.05, 0) is 6.42 Å². The molecule has 3 N–H and O–H groups in total. The Morgan fingerprint density at radius 1 is 1.82 bits per heavy atom. The molecule has 0 aromatic carbocycles. The van der Waals surface area contributed by atoms with Crippen molar-refractivity contribution in [3.63, 3.8) is 0 Å². The first kappa shape index (κ1) is 8.00. The predicted molar refractivity (Wildman–Crippen MR) is 41.0 cm³/mol. The summed E-state index contributed by atoms with van der Waals surface area (Å²) in [7, 11) is 1.65. The number of hydrogen-bond donors (Lipinski definition) is 2. The molecule has 0 amide bonds. The highest BCUT2D eigenvalue weighted by atomic mass is 16.1.